The van der Waals surface area contributed by atoms with Crippen LogP contribution in [0.15, 0.2) is 47.8 Å². The number of hydrazone groups is 1. The summed E-state index contributed by atoms with van der Waals surface area (Å²) in [4.78, 5) is 18.5. The van der Waals surface area contributed by atoms with Gasteiger partial charge in [0.25, 0.3) is 5.91 Å². The highest BCUT2D eigenvalue weighted by atomic mass is 16.5. The van der Waals surface area contributed by atoms with Crippen LogP contribution in [0.5, 0.6) is 5.75 Å². The zero-order valence-corrected chi connectivity index (χ0v) is 17.0. The largest absolute Gasteiger partial charge is 0.493 e. The molecule has 0 aliphatic heterocycles. The molecule has 6 heteroatoms. The van der Waals surface area contributed by atoms with Crippen LogP contribution in [0.25, 0.3) is 0 Å². The molecule has 0 unspecified atom stereocenters. The number of ether oxygens (including phenoxy) is 1. The lowest BCUT2D eigenvalue weighted by Crippen LogP contribution is -2.25. The molecule has 0 aliphatic rings. The van der Waals surface area contributed by atoms with Crippen LogP contribution in [0.4, 0.5) is 0 Å². The van der Waals surface area contributed by atoms with Gasteiger partial charge in [-0.25, -0.2) is 5.43 Å². The molecule has 0 radical (unpaired) electrons. The van der Waals surface area contributed by atoms with Gasteiger partial charge in [0, 0.05) is 35.6 Å². The van der Waals surface area contributed by atoms with E-state index in [0.717, 1.165) is 49.4 Å². The first-order chi connectivity index (χ1) is 13.7. The van der Waals surface area contributed by atoms with Gasteiger partial charge >= 0.3 is 0 Å². The number of amides is 1. The van der Waals surface area contributed by atoms with Crippen LogP contribution in [0.1, 0.15) is 55.1 Å². The summed E-state index contributed by atoms with van der Waals surface area (Å²) < 4.78 is 5.93. The molecular formula is C22H30N4O2. The fraction of sp³-hybridized carbons (Fsp3) is 0.409. The van der Waals surface area contributed by atoms with Crippen molar-refractivity contribution in [2.75, 3.05) is 19.7 Å². The van der Waals surface area contributed by atoms with Crippen LogP contribution in [0.3, 0.4) is 0 Å². The minimum atomic E-state index is -0.273. The molecule has 0 fully saturated rings. The molecule has 1 aromatic heterocycles. The molecule has 0 aliphatic carbocycles. The second kappa shape index (κ2) is 11.9. The molecule has 0 spiro atoms. The maximum atomic E-state index is 12.1. The van der Waals surface area contributed by atoms with E-state index >= 15 is 0 Å². The maximum absolute atomic E-state index is 12.1. The summed E-state index contributed by atoms with van der Waals surface area (Å²) in [5.41, 5.74) is 5.05. The molecule has 2 rings (SSSR count). The Kier molecular flexibility index (Phi) is 9.15. The predicted octanol–water partition coefficient (Wildman–Crippen LogP) is 3.87. The summed E-state index contributed by atoms with van der Waals surface area (Å²) in [6.07, 6.45) is 7.02. The molecule has 0 atom stereocenters. The fourth-order valence-corrected chi connectivity index (χ4v) is 3.02. The van der Waals surface area contributed by atoms with Crippen molar-refractivity contribution in [3.8, 4) is 5.75 Å². The van der Waals surface area contributed by atoms with Gasteiger partial charge in [-0.2, -0.15) is 5.10 Å². The van der Waals surface area contributed by atoms with E-state index < -0.39 is 0 Å². The summed E-state index contributed by atoms with van der Waals surface area (Å²) in [6.45, 7) is 9.88. The Morgan fingerprint density at radius 2 is 1.86 bits per heavy atom. The molecule has 150 valence electrons. The smallest absolute Gasteiger partial charge is 0.271 e. The second-order valence-electron chi connectivity index (χ2n) is 6.48. The molecular weight excluding hydrogens is 352 g/mol. The quantitative estimate of drug-likeness (QED) is 0.473. The molecule has 1 aromatic carbocycles. The third-order valence-corrected chi connectivity index (χ3v) is 4.20. The van der Waals surface area contributed by atoms with Crippen molar-refractivity contribution in [3.05, 3.63) is 59.4 Å². The monoisotopic (exact) mass is 382 g/mol. The van der Waals surface area contributed by atoms with Crippen LogP contribution in [0.2, 0.25) is 0 Å². The topological polar surface area (TPSA) is 66.8 Å². The number of aromatic nitrogens is 1. The number of hydrogen-bond donors (Lipinski definition) is 1. The number of nitrogens with one attached hydrogen (secondary N) is 1. The lowest BCUT2D eigenvalue weighted by molar-refractivity contribution is 0.0955. The Balaban J connectivity index is 2.15. The highest BCUT2D eigenvalue weighted by molar-refractivity contribution is 5.95. The molecule has 1 heterocycles. The number of rotatable bonds is 11. The minimum Gasteiger partial charge on any atom is -0.493 e. The van der Waals surface area contributed by atoms with Gasteiger partial charge < -0.3 is 4.74 Å². The zero-order valence-electron chi connectivity index (χ0n) is 17.0. The van der Waals surface area contributed by atoms with E-state index in [1.807, 2.05) is 19.1 Å². The van der Waals surface area contributed by atoms with Crippen molar-refractivity contribution in [2.45, 2.75) is 40.2 Å². The SMILES string of the molecule is CCCN(CCC)Cc1cccc(/C=N/NC(=O)c2ccncc2)c1OCC. The van der Waals surface area contributed by atoms with Crippen LogP contribution in [-0.2, 0) is 6.54 Å². The highest BCUT2D eigenvalue weighted by Gasteiger charge is 2.12. The summed E-state index contributed by atoms with van der Waals surface area (Å²) in [6, 6.07) is 9.33. The average Bonchev–Trinajstić information content (AvgIpc) is 2.71. The van der Waals surface area contributed by atoms with E-state index in [1.54, 1.807) is 30.7 Å². The summed E-state index contributed by atoms with van der Waals surface area (Å²) in [5.74, 6) is 0.550. The van der Waals surface area contributed by atoms with Gasteiger partial charge in [-0.3, -0.25) is 14.7 Å². The molecule has 0 bridgehead atoms. The molecule has 6 nitrogen and oxygen atoms in total. The van der Waals surface area contributed by atoms with E-state index in [-0.39, 0.29) is 5.91 Å². The lowest BCUT2D eigenvalue weighted by atomic mass is 10.1. The van der Waals surface area contributed by atoms with Gasteiger partial charge in [-0.1, -0.05) is 26.0 Å². The first kappa shape index (κ1) is 21.6. The van der Waals surface area contributed by atoms with Crippen LogP contribution in [0, 0.1) is 0 Å². The Morgan fingerprint density at radius 3 is 2.50 bits per heavy atom. The third kappa shape index (κ3) is 6.46. The van der Waals surface area contributed by atoms with E-state index in [1.165, 1.54) is 0 Å². The first-order valence-electron chi connectivity index (χ1n) is 9.90. The van der Waals surface area contributed by atoms with Crippen molar-refractivity contribution in [2.24, 2.45) is 5.10 Å². The lowest BCUT2D eigenvalue weighted by Gasteiger charge is -2.23. The molecule has 2 aromatic rings. The number of benzene rings is 1. The van der Waals surface area contributed by atoms with Crippen LogP contribution in [-0.4, -0.2) is 41.7 Å². The molecule has 1 amide bonds. The van der Waals surface area contributed by atoms with Gasteiger partial charge in [0.15, 0.2) is 0 Å². The number of pyridine rings is 1. The van der Waals surface area contributed by atoms with E-state index in [0.29, 0.717) is 12.2 Å². The Labute approximate surface area is 167 Å². The molecule has 0 saturated carbocycles. The number of carbonyl (C=O) groups is 1. The minimum absolute atomic E-state index is 0.273. The molecule has 1 N–H and O–H groups in total. The number of nitrogens with zero attached hydrogens (tertiary/aromatic N) is 3. The zero-order chi connectivity index (χ0) is 20.2. The van der Waals surface area contributed by atoms with Gasteiger partial charge in [0.1, 0.15) is 5.75 Å². The van der Waals surface area contributed by atoms with Gasteiger partial charge in [0.2, 0.25) is 0 Å². The summed E-state index contributed by atoms with van der Waals surface area (Å²) >= 11 is 0. The Morgan fingerprint density at radius 1 is 1.14 bits per heavy atom. The molecule has 0 saturated heterocycles. The van der Waals surface area contributed by atoms with E-state index in [4.69, 9.17) is 4.74 Å². The number of carbonyl (C=O) groups excluding carboxylic acids is 1. The van der Waals surface area contributed by atoms with Crippen molar-refractivity contribution >= 4 is 12.1 Å². The standard InChI is InChI=1S/C22H30N4O2/c1-4-14-26(15-5-2)17-20-9-7-8-19(21(20)28-6-3)16-24-25-22(27)18-10-12-23-13-11-18/h7-13,16H,4-6,14-15,17H2,1-3H3,(H,25,27)/b24-16+. The number of hydrogen-bond acceptors (Lipinski definition) is 5. The van der Waals surface area contributed by atoms with Gasteiger partial charge in [0.05, 0.1) is 12.8 Å². The van der Waals surface area contributed by atoms with E-state index in [9.17, 15) is 4.79 Å². The summed E-state index contributed by atoms with van der Waals surface area (Å²) in [5, 5.41) is 4.12. The fourth-order valence-electron chi connectivity index (χ4n) is 3.02. The van der Waals surface area contributed by atoms with Crippen LogP contribution >= 0.6 is 0 Å². The Bertz CT molecular complexity index is 756. The normalized spacial score (nSPS) is 11.1. The van der Waals surface area contributed by atoms with Crippen molar-refractivity contribution in [3.63, 3.8) is 0 Å². The average molecular weight is 383 g/mol. The van der Waals surface area contributed by atoms with Crippen molar-refractivity contribution < 1.29 is 9.53 Å². The second-order valence-corrected chi connectivity index (χ2v) is 6.48. The maximum Gasteiger partial charge on any atom is 0.271 e. The number of para-hydroxylation sites is 1. The Hall–Kier alpha value is -2.73. The first-order valence-corrected chi connectivity index (χ1v) is 9.90. The molecule has 28 heavy (non-hydrogen) atoms. The predicted molar refractivity (Wildman–Crippen MR) is 113 cm³/mol. The van der Waals surface area contributed by atoms with Crippen molar-refractivity contribution in [1.29, 1.82) is 0 Å². The van der Waals surface area contributed by atoms with Gasteiger partial charge in [-0.15, -0.1) is 0 Å². The van der Waals surface area contributed by atoms with Crippen molar-refractivity contribution in [1.82, 2.24) is 15.3 Å². The highest BCUT2D eigenvalue weighted by Crippen LogP contribution is 2.24. The third-order valence-electron chi connectivity index (χ3n) is 4.20. The summed E-state index contributed by atoms with van der Waals surface area (Å²) in [7, 11) is 0. The van der Waals surface area contributed by atoms with Gasteiger partial charge in [-0.05, 0) is 51.1 Å². The van der Waals surface area contributed by atoms with E-state index in [2.05, 4.69) is 40.3 Å². The van der Waals surface area contributed by atoms with Crippen LogP contribution < -0.4 is 10.2 Å².